The van der Waals surface area contributed by atoms with Crippen LogP contribution in [0.4, 0.5) is 5.69 Å². The van der Waals surface area contributed by atoms with Crippen molar-refractivity contribution in [3.63, 3.8) is 0 Å². The summed E-state index contributed by atoms with van der Waals surface area (Å²) < 4.78 is 0. The summed E-state index contributed by atoms with van der Waals surface area (Å²) in [6.45, 7) is 4.79. The second kappa shape index (κ2) is 9.11. The highest BCUT2D eigenvalue weighted by Crippen LogP contribution is 2.24. The van der Waals surface area contributed by atoms with E-state index in [-0.39, 0.29) is 11.9 Å². The van der Waals surface area contributed by atoms with Crippen molar-refractivity contribution in [1.29, 1.82) is 5.26 Å². The van der Waals surface area contributed by atoms with Crippen molar-refractivity contribution in [2.45, 2.75) is 31.8 Å². The van der Waals surface area contributed by atoms with Gasteiger partial charge in [0.1, 0.15) is 6.07 Å². The van der Waals surface area contributed by atoms with E-state index in [1.165, 1.54) is 5.56 Å². The van der Waals surface area contributed by atoms with Crippen LogP contribution in [0.5, 0.6) is 0 Å². The SMILES string of the molecule is N#Cc1ccccc1NC1CC(=O)N(CC2CCN(Cc3ccccc3)CC2)C1. The minimum Gasteiger partial charge on any atom is -0.379 e. The zero-order chi connectivity index (χ0) is 20.1. The highest BCUT2D eigenvalue weighted by Gasteiger charge is 2.32. The van der Waals surface area contributed by atoms with E-state index in [1.54, 1.807) is 6.07 Å². The molecule has 4 rings (SSSR count). The molecule has 1 unspecified atom stereocenters. The number of para-hydroxylation sites is 1. The third-order valence-electron chi connectivity index (χ3n) is 6.06. The molecular weight excluding hydrogens is 360 g/mol. The van der Waals surface area contributed by atoms with Gasteiger partial charge in [-0.05, 0) is 49.5 Å². The number of rotatable bonds is 6. The van der Waals surface area contributed by atoms with Crippen LogP contribution in [-0.2, 0) is 11.3 Å². The van der Waals surface area contributed by atoms with Crippen LogP contribution >= 0.6 is 0 Å². The molecule has 0 radical (unpaired) electrons. The average Bonchev–Trinajstić information content (AvgIpc) is 3.09. The Morgan fingerprint density at radius 1 is 1.03 bits per heavy atom. The molecule has 5 nitrogen and oxygen atoms in total. The van der Waals surface area contributed by atoms with Crippen LogP contribution in [0.1, 0.15) is 30.4 Å². The lowest BCUT2D eigenvalue weighted by Gasteiger charge is -2.34. The molecule has 0 bridgehead atoms. The Hall–Kier alpha value is -2.84. The number of nitrogens with one attached hydrogen (secondary N) is 1. The maximum Gasteiger partial charge on any atom is 0.224 e. The third kappa shape index (κ3) is 4.96. The van der Waals surface area contributed by atoms with Gasteiger partial charge in [-0.3, -0.25) is 9.69 Å². The van der Waals surface area contributed by atoms with Crippen LogP contribution in [0, 0.1) is 17.2 Å². The Morgan fingerprint density at radius 2 is 1.76 bits per heavy atom. The van der Waals surface area contributed by atoms with Crippen molar-refractivity contribution in [2.75, 3.05) is 31.5 Å². The Bertz CT molecular complexity index is 868. The normalized spacial score (nSPS) is 20.6. The number of nitriles is 1. The van der Waals surface area contributed by atoms with Gasteiger partial charge in [-0.15, -0.1) is 0 Å². The van der Waals surface area contributed by atoms with Gasteiger partial charge in [0.25, 0.3) is 0 Å². The lowest BCUT2D eigenvalue weighted by Crippen LogP contribution is -2.39. The molecule has 0 aliphatic carbocycles. The first-order valence-electron chi connectivity index (χ1n) is 10.5. The van der Waals surface area contributed by atoms with Gasteiger partial charge in [-0.25, -0.2) is 0 Å². The summed E-state index contributed by atoms with van der Waals surface area (Å²) in [5.41, 5.74) is 2.82. The summed E-state index contributed by atoms with van der Waals surface area (Å²) in [7, 11) is 0. The minimum atomic E-state index is 0.0789. The van der Waals surface area contributed by atoms with Crippen molar-refractivity contribution < 1.29 is 4.79 Å². The van der Waals surface area contributed by atoms with Crippen LogP contribution < -0.4 is 5.32 Å². The second-order valence-corrected chi connectivity index (χ2v) is 8.21. The molecule has 5 heteroatoms. The number of carbonyl (C=O) groups excluding carboxylic acids is 1. The molecule has 2 aromatic rings. The first-order chi connectivity index (χ1) is 14.2. The predicted molar refractivity (Wildman–Crippen MR) is 114 cm³/mol. The van der Waals surface area contributed by atoms with Gasteiger partial charge >= 0.3 is 0 Å². The molecule has 0 aromatic heterocycles. The van der Waals surface area contributed by atoms with Crippen molar-refractivity contribution in [2.24, 2.45) is 5.92 Å². The molecule has 1 amide bonds. The highest BCUT2D eigenvalue weighted by molar-refractivity contribution is 5.80. The standard InChI is InChI=1S/C24H28N4O/c25-15-21-8-4-5-9-23(21)26-22-14-24(29)28(18-22)17-20-10-12-27(13-11-20)16-19-6-2-1-3-7-19/h1-9,20,22,26H,10-14,16-18H2. The zero-order valence-corrected chi connectivity index (χ0v) is 16.8. The number of carbonyl (C=O) groups is 1. The molecule has 0 saturated carbocycles. The number of piperidine rings is 1. The molecule has 2 fully saturated rings. The molecule has 150 valence electrons. The van der Waals surface area contributed by atoms with E-state index in [0.717, 1.165) is 51.3 Å². The van der Waals surface area contributed by atoms with Crippen LogP contribution in [0.25, 0.3) is 0 Å². The lowest BCUT2D eigenvalue weighted by molar-refractivity contribution is -0.128. The van der Waals surface area contributed by atoms with E-state index in [9.17, 15) is 10.1 Å². The summed E-state index contributed by atoms with van der Waals surface area (Å²) in [4.78, 5) is 17.1. The van der Waals surface area contributed by atoms with E-state index >= 15 is 0 Å². The molecule has 1 N–H and O–H groups in total. The summed E-state index contributed by atoms with van der Waals surface area (Å²) in [5.74, 6) is 0.805. The Balaban J connectivity index is 1.25. The number of anilines is 1. The number of hydrogen-bond donors (Lipinski definition) is 1. The number of hydrogen-bond acceptors (Lipinski definition) is 4. The predicted octanol–water partition coefficient (Wildman–Crippen LogP) is 3.48. The van der Waals surface area contributed by atoms with E-state index in [0.29, 0.717) is 17.9 Å². The number of nitrogens with zero attached hydrogens (tertiary/aromatic N) is 3. The molecule has 0 spiro atoms. The zero-order valence-electron chi connectivity index (χ0n) is 16.8. The topological polar surface area (TPSA) is 59.4 Å². The molecule has 1 atom stereocenters. The van der Waals surface area contributed by atoms with Gasteiger partial charge in [-0.1, -0.05) is 42.5 Å². The van der Waals surface area contributed by atoms with Gasteiger partial charge in [-0.2, -0.15) is 5.26 Å². The molecular formula is C24H28N4O. The first-order valence-corrected chi connectivity index (χ1v) is 10.5. The molecule has 2 heterocycles. The second-order valence-electron chi connectivity index (χ2n) is 8.21. The van der Waals surface area contributed by atoms with E-state index in [2.05, 4.69) is 46.6 Å². The van der Waals surface area contributed by atoms with Crippen molar-refractivity contribution in [3.8, 4) is 6.07 Å². The largest absolute Gasteiger partial charge is 0.379 e. The summed E-state index contributed by atoms with van der Waals surface area (Å²) in [6.07, 6.45) is 2.80. The molecule has 2 saturated heterocycles. The number of benzene rings is 2. The maximum atomic E-state index is 12.5. The Morgan fingerprint density at radius 3 is 2.52 bits per heavy atom. The van der Waals surface area contributed by atoms with Gasteiger partial charge < -0.3 is 10.2 Å². The summed E-state index contributed by atoms with van der Waals surface area (Å²) in [6, 6.07) is 20.4. The number of likely N-dealkylation sites (tertiary alicyclic amines) is 2. The van der Waals surface area contributed by atoms with Crippen LogP contribution in [0.3, 0.4) is 0 Å². The van der Waals surface area contributed by atoms with Crippen LogP contribution in [0.15, 0.2) is 54.6 Å². The lowest BCUT2D eigenvalue weighted by atomic mass is 9.96. The highest BCUT2D eigenvalue weighted by atomic mass is 16.2. The molecule has 29 heavy (non-hydrogen) atoms. The summed E-state index contributed by atoms with van der Waals surface area (Å²) >= 11 is 0. The number of amides is 1. The first kappa shape index (κ1) is 19.5. The molecule has 2 aliphatic heterocycles. The minimum absolute atomic E-state index is 0.0789. The van der Waals surface area contributed by atoms with Gasteiger partial charge in [0.05, 0.1) is 17.3 Å². The van der Waals surface area contributed by atoms with Crippen LogP contribution in [-0.4, -0.2) is 47.9 Å². The monoisotopic (exact) mass is 388 g/mol. The van der Waals surface area contributed by atoms with Gasteiger partial charge in [0.15, 0.2) is 0 Å². The maximum absolute atomic E-state index is 12.5. The van der Waals surface area contributed by atoms with Gasteiger partial charge in [0.2, 0.25) is 5.91 Å². The summed E-state index contributed by atoms with van der Waals surface area (Å²) in [5, 5.41) is 12.7. The van der Waals surface area contributed by atoms with Gasteiger partial charge in [0, 0.05) is 26.1 Å². The van der Waals surface area contributed by atoms with Crippen molar-refractivity contribution in [3.05, 3.63) is 65.7 Å². The average molecular weight is 389 g/mol. The van der Waals surface area contributed by atoms with Crippen molar-refractivity contribution >= 4 is 11.6 Å². The Labute approximate surface area is 172 Å². The van der Waals surface area contributed by atoms with Crippen molar-refractivity contribution in [1.82, 2.24) is 9.80 Å². The van der Waals surface area contributed by atoms with E-state index in [4.69, 9.17) is 0 Å². The molecule has 2 aromatic carbocycles. The van der Waals surface area contributed by atoms with E-state index in [1.807, 2.05) is 23.1 Å². The fourth-order valence-electron chi connectivity index (χ4n) is 4.45. The Kier molecular flexibility index (Phi) is 6.12. The third-order valence-corrected chi connectivity index (χ3v) is 6.06. The fourth-order valence-corrected chi connectivity index (χ4v) is 4.45. The fraction of sp³-hybridized carbons (Fsp3) is 0.417. The smallest absolute Gasteiger partial charge is 0.224 e. The van der Waals surface area contributed by atoms with Crippen LogP contribution in [0.2, 0.25) is 0 Å². The van der Waals surface area contributed by atoms with E-state index < -0.39 is 0 Å². The quantitative estimate of drug-likeness (QED) is 0.823. The molecule has 2 aliphatic rings.